The SMILES string of the molecule is Cc1cc(C(=O)O)ccc1NC(=S)NC(=O)c1ccc2ccccc2c1. The highest BCUT2D eigenvalue weighted by Gasteiger charge is 2.11. The quantitative estimate of drug-likeness (QED) is 0.613. The van der Waals surface area contributed by atoms with Gasteiger partial charge in [-0.15, -0.1) is 0 Å². The summed E-state index contributed by atoms with van der Waals surface area (Å²) >= 11 is 5.19. The minimum atomic E-state index is -0.994. The summed E-state index contributed by atoms with van der Waals surface area (Å²) in [6, 6.07) is 17.8. The van der Waals surface area contributed by atoms with Crippen LogP contribution < -0.4 is 10.6 Å². The van der Waals surface area contributed by atoms with E-state index in [1.807, 2.05) is 30.3 Å². The van der Waals surface area contributed by atoms with Crippen LogP contribution in [0.1, 0.15) is 26.3 Å². The second-order valence-corrected chi connectivity index (χ2v) is 6.21. The smallest absolute Gasteiger partial charge is 0.335 e. The first-order chi connectivity index (χ1) is 12.4. The molecule has 3 aromatic carbocycles. The van der Waals surface area contributed by atoms with Gasteiger partial charge in [-0.2, -0.15) is 0 Å². The molecule has 3 rings (SSSR count). The summed E-state index contributed by atoms with van der Waals surface area (Å²) in [4.78, 5) is 23.4. The van der Waals surface area contributed by atoms with Crippen molar-refractivity contribution in [2.24, 2.45) is 0 Å². The van der Waals surface area contributed by atoms with Gasteiger partial charge in [-0.3, -0.25) is 10.1 Å². The number of carboxylic acid groups (broad SMARTS) is 1. The number of hydrogen-bond acceptors (Lipinski definition) is 3. The van der Waals surface area contributed by atoms with Gasteiger partial charge in [0.1, 0.15) is 0 Å². The summed E-state index contributed by atoms with van der Waals surface area (Å²) in [7, 11) is 0. The molecule has 0 spiro atoms. The average molecular weight is 364 g/mol. The third kappa shape index (κ3) is 3.87. The van der Waals surface area contributed by atoms with Gasteiger partial charge in [0.05, 0.1) is 5.56 Å². The molecule has 0 radical (unpaired) electrons. The van der Waals surface area contributed by atoms with Crippen molar-refractivity contribution in [2.45, 2.75) is 6.92 Å². The van der Waals surface area contributed by atoms with Gasteiger partial charge in [0.15, 0.2) is 5.11 Å². The lowest BCUT2D eigenvalue weighted by molar-refractivity contribution is 0.0696. The molecule has 0 fully saturated rings. The van der Waals surface area contributed by atoms with E-state index in [4.69, 9.17) is 17.3 Å². The number of aromatic carboxylic acids is 1. The van der Waals surface area contributed by atoms with Crippen molar-refractivity contribution in [3.05, 3.63) is 77.4 Å². The number of carboxylic acids is 1. The van der Waals surface area contributed by atoms with Crippen molar-refractivity contribution in [1.29, 1.82) is 0 Å². The fraction of sp³-hybridized carbons (Fsp3) is 0.0500. The summed E-state index contributed by atoms with van der Waals surface area (Å²) in [5.41, 5.74) is 2.05. The molecule has 0 saturated heterocycles. The van der Waals surface area contributed by atoms with Crippen molar-refractivity contribution >= 4 is 45.7 Å². The molecule has 1 amide bonds. The van der Waals surface area contributed by atoms with Crippen LogP contribution in [0, 0.1) is 6.92 Å². The van der Waals surface area contributed by atoms with Crippen LogP contribution in [0.4, 0.5) is 5.69 Å². The molecule has 6 heteroatoms. The minimum absolute atomic E-state index is 0.148. The van der Waals surface area contributed by atoms with E-state index in [1.165, 1.54) is 6.07 Å². The van der Waals surface area contributed by atoms with Crippen molar-refractivity contribution in [2.75, 3.05) is 5.32 Å². The molecule has 0 aliphatic rings. The topological polar surface area (TPSA) is 78.4 Å². The van der Waals surface area contributed by atoms with Crippen LogP contribution in [0.15, 0.2) is 60.7 Å². The van der Waals surface area contributed by atoms with E-state index in [9.17, 15) is 9.59 Å². The molecule has 0 heterocycles. The molecule has 0 unspecified atom stereocenters. The van der Waals surface area contributed by atoms with Crippen LogP contribution in [0.2, 0.25) is 0 Å². The number of anilines is 1. The number of carbonyl (C=O) groups is 2. The van der Waals surface area contributed by atoms with E-state index in [0.29, 0.717) is 16.8 Å². The van der Waals surface area contributed by atoms with Gasteiger partial charge < -0.3 is 10.4 Å². The molecule has 130 valence electrons. The molecule has 3 aromatic rings. The van der Waals surface area contributed by atoms with Crippen molar-refractivity contribution in [3.8, 4) is 0 Å². The predicted molar refractivity (Wildman–Crippen MR) is 106 cm³/mol. The van der Waals surface area contributed by atoms with E-state index in [-0.39, 0.29) is 16.6 Å². The maximum absolute atomic E-state index is 12.4. The van der Waals surface area contributed by atoms with Gasteiger partial charge in [0.2, 0.25) is 0 Å². The molecule has 26 heavy (non-hydrogen) atoms. The van der Waals surface area contributed by atoms with Crippen LogP contribution in [0.5, 0.6) is 0 Å². The minimum Gasteiger partial charge on any atom is -0.478 e. The van der Waals surface area contributed by atoms with Crippen molar-refractivity contribution in [3.63, 3.8) is 0 Å². The maximum atomic E-state index is 12.4. The second kappa shape index (κ2) is 7.33. The Morgan fingerprint density at radius 3 is 2.31 bits per heavy atom. The standard InChI is InChI=1S/C20H16N2O3S/c1-12-10-16(19(24)25)8-9-17(12)21-20(26)22-18(23)15-7-6-13-4-2-3-5-14(13)11-15/h2-11H,1H3,(H,24,25)(H2,21,22,23,26). The molecule has 0 atom stereocenters. The Balaban J connectivity index is 1.70. The van der Waals surface area contributed by atoms with E-state index in [2.05, 4.69) is 10.6 Å². The van der Waals surface area contributed by atoms with E-state index in [1.54, 1.807) is 31.2 Å². The van der Waals surface area contributed by atoms with Crippen LogP contribution in [0.25, 0.3) is 10.8 Å². The van der Waals surface area contributed by atoms with Crippen LogP contribution in [-0.4, -0.2) is 22.1 Å². The fourth-order valence-corrected chi connectivity index (χ4v) is 2.80. The molecule has 5 nitrogen and oxygen atoms in total. The highest BCUT2D eigenvalue weighted by molar-refractivity contribution is 7.80. The number of amides is 1. The lowest BCUT2D eigenvalue weighted by atomic mass is 10.1. The molecular formula is C20H16N2O3S. The third-order valence-electron chi connectivity index (χ3n) is 3.96. The molecule has 0 bridgehead atoms. The van der Waals surface area contributed by atoms with Crippen LogP contribution >= 0.6 is 12.2 Å². The highest BCUT2D eigenvalue weighted by atomic mass is 32.1. The van der Waals surface area contributed by atoms with Gasteiger partial charge >= 0.3 is 5.97 Å². The zero-order valence-electron chi connectivity index (χ0n) is 13.9. The number of thiocarbonyl (C=S) groups is 1. The summed E-state index contributed by atoms with van der Waals surface area (Å²) in [6.45, 7) is 1.77. The van der Waals surface area contributed by atoms with Gasteiger partial charge in [0.25, 0.3) is 5.91 Å². The molecular weight excluding hydrogens is 348 g/mol. The number of nitrogens with one attached hydrogen (secondary N) is 2. The number of carbonyl (C=O) groups excluding carboxylic acids is 1. The van der Waals surface area contributed by atoms with Crippen LogP contribution in [0.3, 0.4) is 0 Å². The highest BCUT2D eigenvalue weighted by Crippen LogP contribution is 2.17. The Morgan fingerprint density at radius 2 is 1.62 bits per heavy atom. The van der Waals surface area contributed by atoms with Gasteiger partial charge in [-0.05, 0) is 65.8 Å². The van der Waals surface area contributed by atoms with E-state index < -0.39 is 5.97 Å². The molecule has 0 aliphatic heterocycles. The van der Waals surface area contributed by atoms with Crippen molar-refractivity contribution < 1.29 is 14.7 Å². The van der Waals surface area contributed by atoms with Gasteiger partial charge in [0, 0.05) is 11.3 Å². The lowest BCUT2D eigenvalue weighted by Gasteiger charge is -2.12. The maximum Gasteiger partial charge on any atom is 0.335 e. The zero-order valence-corrected chi connectivity index (χ0v) is 14.8. The van der Waals surface area contributed by atoms with Crippen LogP contribution in [-0.2, 0) is 0 Å². The van der Waals surface area contributed by atoms with Gasteiger partial charge in [-0.1, -0.05) is 30.3 Å². The van der Waals surface area contributed by atoms with Crippen molar-refractivity contribution in [1.82, 2.24) is 5.32 Å². The fourth-order valence-electron chi connectivity index (χ4n) is 2.60. The normalized spacial score (nSPS) is 10.3. The summed E-state index contributed by atoms with van der Waals surface area (Å²) in [6.07, 6.45) is 0. The summed E-state index contributed by atoms with van der Waals surface area (Å²) < 4.78 is 0. The first kappa shape index (κ1) is 17.6. The molecule has 3 N–H and O–H groups in total. The predicted octanol–water partition coefficient (Wildman–Crippen LogP) is 3.97. The Kier molecular flexibility index (Phi) is 4.95. The number of hydrogen-bond donors (Lipinski definition) is 3. The first-order valence-electron chi connectivity index (χ1n) is 7.89. The number of benzene rings is 3. The largest absolute Gasteiger partial charge is 0.478 e. The zero-order chi connectivity index (χ0) is 18.7. The second-order valence-electron chi connectivity index (χ2n) is 5.81. The van der Waals surface area contributed by atoms with E-state index in [0.717, 1.165) is 10.8 Å². The Bertz CT molecular complexity index is 1030. The average Bonchev–Trinajstić information content (AvgIpc) is 2.62. The summed E-state index contributed by atoms with van der Waals surface area (Å²) in [5.74, 6) is -1.31. The number of fused-ring (bicyclic) bond motifs is 1. The Hall–Kier alpha value is -3.25. The molecule has 0 aromatic heterocycles. The number of rotatable bonds is 3. The molecule has 0 aliphatic carbocycles. The Labute approximate surface area is 155 Å². The lowest BCUT2D eigenvalue weighted by Crippen LogP contribution is -2.34. The molecule has 0 saturated carbocycles. The van der Waals surface area contributed by atoms with Gasteiger partial charge in [-0.25, -0.2) is 4.79 Å². The van der Waals surface area contributed by atoms with E-state index >= 15 is 0 Å². The number of aryl methyl sites for hydroxylation is 1. The first-order valence-corrected chi connectivity index (χ1v) is 8.30. The Morgan fingerprint density at radius 1 is 0.923 bits per heavy atom. The third-order valence-corrected chi connectivity index (χ3v) is 4.16. The summed E-state index contributed by atoms with van der Waals surface area (Å²) in [5, 5.41) is 16.7. The monoisotopic (exact) mass is 364 g/mol.